The monoisotopic (exact) mass is 803 g/mol. The van der Waals surface area contributed by atoms with Gasteiger partial charge in [0.1, 0.15) is 13.2 Å². The molecule has 0 aromatic carbocycles. The molecule has 0 rings (SSSR count). The van der Waals surface area contributed by atoms with Gasteiger partial charge in [-0.2, -0.15) is 0 Å². The maximum atomic E-state index is 12.7. The van der Waals surface area contributed by atoms with Crippen molar-refractivity contribution in [3.8, 4) is 0 Å². The van der Waals surface area contributed by atoms with Gasteiger partial charge in [0.15, 0.2) is 6.10 Å². The highest BCUT2D eigenvalue weighted by atomic mass is 16.6. The topological polar surface area (TPSA) is 78.9 Å². The molecule has 0 aliphatic heterocycles. The van der Waals surface area contributed by atoms with E-state index in [-0.39, 0.29) is 31.1 Å². The molecule has 1 atom stereocenters. The van der Waals surface area contributed by atoms with Crippen LogP contribution in [0.25, 0.3) is 0 Å². The average molecular weight is 803 g/mol. The molecule has 0 amide bonds. The summed E-state index contributed by atoms with van der Waals surface area (Å²) in [4.78, 5) is 37.8. The van der Waals surface area contributed by atoms with E-state index in [0.29, 0.717) is 19.3 Å². The zero-order valence-corrected chi connectivity index (χ0v) is 38.1. The molecule has 0 aromatic rings. The Morgan fingerprint density at radius 3 is 1.00 bits per heavy atom. The van der Waals surface area contributed by atoms with Crippen molar-refractivity contribution in [2.45, 2.75) is 271 Å². The molecule has 57 heavy (non-hydrogen) atoms. The molecule has 0 saturated heterocycles. The highest BCUT2D eigenvalue weighted by Crippen LogP contribution is 2.15. The molecule has 0 fully saturated rings. The minimum absolute atomic E-state index is 0.0699. The summed E-state index contributed by atoms with van der Waals surface area (Å²) in [6, 6.07) is 0. The van der Waals surface area contributed by atoms with Crippen LogP contribution in [0.2, 0.25) is 0 Å². The lowest BCUT2D eigenvalue weighted by Gasteiger charge is -2.18. The first-order chi connectivity index (χ1) is 28.0. The maximum absolute atomic E-state index is 12.7. The predicted octanol–water partition coefficient (Wildman–Crippen LogP) is 16.0. The van der Waals surface area contributed by atoms with E-state index in [1.54, 1.807) is 0 Å². The average Bonchev–Trinajstić information content (AvgIpc) is 3.21. The van der Waals surface area contributed by atoms with Crippen LogP contribution < -0.4 is 0 Å². The van der Waals surface area contributed by atoms with E-state index in [9.17, 15) is 14.4 Å². The van der Waals surface area contributed by atoms with Crippen molar-refractivity contribution in [1.82, 2.24) is 0 Å². The second kappa shape index (κ2) is 46.6. The van der Waals surface area contributed by atoms with E-state index in [4.69, 9.17) is 14.2 Å². The number of esters is 3. The van der Waals surface area contributed by atoms with Crippen molar-refractivity contribution in [3.05, 3.63) is 24.3 Å². The number of ether oxygens (including phenoxy) is 3. The van der Waals surface area contributed by atoms with E-state index >= 15 is 0 Å². The number of rotatable bonds is 45. The fourth-order valence-corrected chi connectivity index (χ4v) is 7.18. The van der Waals surface area contributed by atoms with Crippen LogP contribution in [-0.2, 0) is 28.6 Å². The normalized spacial score (nSPS) is 12.1. The van der Waals surface area contributed by atoms with E-state index in [2.05, 4.69) is 45.1 Å². The van der Waals surface area contributed by atoms with Crippen LogP contribution in [0.4, 0.5) is 0 Å². The molecule has 0 aliphatic rings. The van der Waals surface area contributed by atoms with Crippen LogP contribution in [0.15, 0.2) is 24.3 Å². The molecule has 0 aromatic heterocycles. The van der Waals surface area contributed by atoms with Crippen LogP contribution in [0.1, 0.15) is 265 Å². The first kappa shape index (κ1) is 54.9. The lowest BCUT2D eigenvalue weighted by Crippen LogP contribution is -2.30. The third-order valence-corrected chi connectivity index (χ3v) is 11.0. The summed E-state index contributed by atoms with van der Waals surface area (Å²) in [5, 5.41) is 0. The number of hydrogen-bond acceptors (Lipinski definition) is 6. The van der Waals surface area contributed by atoms with Crippen LogP contribution in [0, 0.1) is 0 Å². The summed E-state index contributed by atoms with van der Waals surface area (Å²) in [5.41, 5.74) is 0. The van der Waals surface area contributed by atoms with Gasteiger partial charge in [0.25, 0.3) is 0 Å². The highest BCUT2D eigenvalue weighted by molar-refractivity contribution is 5.71. The van der Waals surface area contributed by atoms with E-state index in [1.165, 1.54) is 154 Å². The summed E-state index contributed by atoms with van der Waals surface area (Å²) in [6.45, 7) is 6.60. The van der Waals surface area contributed by atoms with E-state index in [1.807, 2.05) is 0 Å². The van der Waals surface area contributed by atoms with Gasteiger partial charge in [-0.25, -0.2) is 0 Å². The highest BCUT2D eigenvalue weighted by Gasteiger charge is 2.19. The number of carbonyl (C=O) groups excluding carboxylic acids is 3. The van der Waals surface area contributed by atoms with Gasteiger partial charge in [0.2, 0.25) is 0 Å². The van der Waals surface area contributed by atoms with Crippen LogP contribution in [-0.4, -0.2) is 37.2 Å². The molecule has 0 aliphatic carbocycles. The second-order valence-electron chi connectivity index (χ2n) is 16.7. The Hall–Kier alpha value is -2.11. The van der Waals surface area contributed by atoms with Crippen molar-refractivity contribution in [1.29, 1.82) is 0 Å². The third-order valence-electron chi connectivity index (χ3n) is 11.0. The van der Waals surface area contributed by atoms with Gasteiger partial charge in [-0.1, -0.05) is 218 Å². The molecule has 6 nitrogen and oxygen atoms in total. The summed E-state index contributed by atoms with van der Waals surface area (Å²) >= 11 is 0. The summed E-state index contributed by atoms with van der Waals surface area (Å²) in [5.74, 6) is -0.871. The molecule has 0 N–H and O–H groups in total. The summed E-state index contributed by atoms with van der Waals surface area (Å²) in [6.07, 6.45) is 51.6. The molecular weight excluding hydrogens is 709 g/mol. The lowest BCUT2D eigenvalue weighted by molar-refractivity contribution is -0.167. The standard InChI is InChI=1S/C51H94O6/c1-4-7-10-13-16-19-21-23-25-26-27-29-30-32-35-38-41-44-50(53)56-47-48(46-55-49(52)43-40-37-34-18-15-12-9-6-3)57-51(54)45-42-39-36-33-31-28-24-22-20-17-14-11-8-5-2/h16,19,23,25,48H,4-15,17-18,20-22,24,26-47H2,1-3H3/b19-16-,25-23-. The molecule has 0 heterocycles. The number of carbonyl (C=O) groups is 3. The van der Waals surface area contributed by atoms with E-state index < -0.39 is 6.10 Å². The first-order valence-corrected chi connectivity index (χ1v) is 24.8. The lowest BCUT2D eigenvalue weighted by atomic mass is 10.0. The summed E-state index contributed by atoms with van der Waals surface area (Å²) in [7, 11) is 0. The minimum Gasteiger partial charge on any atom is -0.462 e. The van der Waals surface area contributed by atoms with Gasteiger partial charge < -0.3 is 14.2 Å². The van der Waals surface area contributed by atoms with Crippen molar-refractivity contribution >= 4 is 17.9 Å². The fourth-order valence-electron chi connectivity index (χ4n) is 7.18. The van der Waals surface area contributed by atoms with Crippen molar-refractivity contribution in [2.75, 3.05) is 13.2 Å². The van der Waals surface area contributed by atoms with Crippen molar-refractivity contribution in [3.63, 3.8) is 0 Å². The first-order valence-electron chi connectivity index (χ1n) is 24.8. The van der Waals surface area contributed by atoms with Crippen LogP contribution in [0.5, 0.6) is 0 Å². The summed E-state index contributed by atoms with van der Waals surface area (Å²) < 4.78 is 16.7. The van der Waals surface area contributed by atoms with Gasteiger partial charge in [-0.15, -0.1) is 0 Å². The van der Waals surface area contributed by atoms with Gasteiger partial charge in [-0.3, -0.25) is 14.4 Å². The SMILES string of the molecule is CCCCC/C=C\C/C=C\CCCCCCCCCC(=O)OCC(COC(=O)CCCCCCCCCC)OC(=O)CCCCCCCCCCCCCCCC. The number of allylic oxidation sites excluding steroid dienone is 4. The fraction of sp³-hybridized carbons (Fsp3) is 0.863. The van der Waals surface area contributed by atoms with Gasteiger partial charge in [0.05, 0.1) is 0 Å². The quantitative estimate of drug-likeness (QED) is 0.0264. The molecule has 334 valence electrons. The molecule has 1 unspecified atom stereocenters. The van der Waals surface area contributed by atoms with Gasteiger partial charge in [-0.05, 0) is 51.4 Å². The Labute approximate surface area is 353 Å². The molecule has 6 heteroatoms. The minimum atomic E-state index is -0.766. The molecule has 0 saturated carbocycles. The third kappa shape index (κ3) is 44.8. The zero-order valence-electron chi connectivity index (χ0n) is 38.1. The van der Waals surface area contributed by atoms with Gasteiger partial charge >= 0.3 is 17.9 Å². The molecule has 0 radical (unpaired) electrons. The Bertz CT molecular complexity index is 927. The van der Waals surface area contributed by atoms with Crippen LogP contribution >= 0.6 is 0 Å². The maximum Gasteiger partial charge on any atom is 0.306 e. The predicted molar refractivity (Wildman–Crippen MR) is 243 cm³/mol. The largest absolute Gasteiger partial charge is 0.462 e. The van der Waals surface area contributed by atoms with Crippen LogP contribution in [0.3, 0.4) is 0 Å². The van der Waals surface area contributed by atoms with Gasteiger partial charge in [0, 0.05) is 19.3 Å². The Morgan fingerprint density at radius 1 is 0.351 bits per heavy atom. The Kier molecular flexibility index (Phi) is 44.9. The van der Waals surface area contributed by atoms with Crippen molar-refractivity contribution in [2.24, 2.45) is 0 Å². The number of hydrogen-bond donors (Lipinski definition) is 0. The second-order valence-corrected chi connectivity index (χ2v) is 16.7. The smallest absolute Gasteiger partial charge is 0.306 e. The molecule has 0 spiro atoms. The van der Waals surface area contributed by atoms with E-state index in [0.717, 1.165) is 70.6 Å². The van der Waals surface area contributed by atoms with Crippen molar-refractivity contribution < 1.29 is 28.6 Å². The number of unbranched alkanes of at least 4 members (excludes halogenated alkanes) is 30. The molecule has 0 bridgehead atoms. The Morgan fingerprint density at radius 2 is 0.632 bits per heavy atom. The molecular formula is C51H94O6. The Balaban J connectivity index is 4.28. The zero-order chi connectivity index (χ0) is 41.5.